The summed E-state index contributed by atoms with van der Waals surface area (Å²) in [7, 11) is 0. The van der Waals surface area contributed by atoms with Crippen LogP contribution in [0.5, 0.6) is 0 Å². The van der Waals surface area contributed by atoms with E-state index in [1.54, 1.807) is 13.0 Å². The zero-order chi connectivity index (χ0) is 31.8. The van der Waals surface area contributed by atoms with Crippen molar-refractivity contribution in [3.8, 4) is 5.00 Å². The van der Waals surface area contributed by atoms with Gasteiger partial charge in [0.15, 0.2) is 0 Å². The number of aromatic nitrogens is 5. The smallest absolute Gasteiger partial charge is 0.333 e. The van der Waals surface area contributed by atoms with Crippen molar-refractivity contribution in [2.75, 3.05) is 0 Å². The molecular weight excluding hydrogens is 653 g/mol. The van der Waals surface area contributed by atoms with Gasteiger partial charge in [0.2, 0.25) is 0 Å². The molecule has 44 heavy (non-hydrogen) atoms. The van der Waals surface area contributed by atoms with Gasteiger partial charge in [-0.05, 0) is 63.9 Å². The van der Waals surface area contributed by atoms with Crippen LogP contribution in [0.25, 0.3) is 15.2 Å². The summed E-state index contributed by atoms with van der Waals surface area (Å²) in [5, 5.41) is 9.20. The number of benzene rings is 2. The Bertz CT molecular complexity index is 1930. The fourth-order valence-corrected chi connectivity index (χ4v) is 6.68. The fourth-order valence-electron chi connectivity index (χ4n) is 4.96. The van der Waals surface area contributed by atoms with E-state index in [9.17, 15) is 18.8 Å². The number of hydrogen-bond acceptors (Lipinski definition) is 8. The van der Waals surface area contributed by atoms with E-state index in [0.29, 0.717) is 25.4 Å². The predicted octanol–water partition coefficient (Wildman–Crippen LogP) is 5.66. The highest BCUT2D eigenvalue weighted by Gasteiger charge is 2.37. The molecule has 0 saturated carbocycles. The van der Waals surface area contributed by atoms with Gasteiger partial charge in [-0.15, -0.1) is 4.80 Å². The van der Waals surface area contributed by atoms with E-state index in [-0.39, 0.29) is 24.6 Å². The van der Waals surface area contributed by atoms with Gasteiger partial charge in [0.1, 0.15) is 33.9 Å². The molecule has 1 unspecified atom stereocenters. The van der Waals surface area contributed by atoms with Gasteiger partial charge in [-0.25, -0.2) is 18.5 Å². The molecule has 0 fully saturated rings. The van der Waals surface area contributed by atoms with Crippen LogP contribution in [0.3, 0.4) is 0 Å². The van der Waals surface area contributed by atoms with Gasteiger partial charge in [0.05, 0.1) is 30.4 Å². The quantitative estimate of drug-likeness (QED) is 0.175. The molecule has 2 aromatic carbocycles. The second-order valence-corrected chi connectivity index (χ2v) is 12.9. The number of esters is 1. The first-order valence-corrected chi connectivity index (χ1v) is 15.5. The number of thiophene rings is 1. The van der Waals surface area contributed by atoms with E-state index in [1.165, 1.54) is 59.1 Å². The molecule has 230 valence electrons. The highest BCUT2D eigenvalue weighted by Crippen LogP contribution is 2.34. The Labute approximate surface area is 264 Å². The monoisotopic (exact) mass is 683 g/mol. The van der Waals surface area contributed by atoms with Gasteiger partial charge in [0, 0.05) is 10.0 Å². The SMILES string of the molecule is Cc1c(-n2nccn2)sc2c1c(=O)n(C(C)(C)C(=O)OCc1ccccc1)c(=O)n2CC(OC(C)C)c1cc(F)ccc1Br. The second-order valence-electron chi connectivity index (χ2n) is 11.0. The summed E-state index contributed by atoms with van der Waals surface area (Å²) in [6.45, 7) is 8.24. The van der Waals surface area contributed by atoms with E-state index in [1.807, 2.05) is 44.2 Å². The lowest BCUT2D eigenvalue weighted by Gasteiger charge is -2.27. The topological polar surface area (TPSA) is 110 Å². The summed E-state index contributed by atoms with van der Waals surface area (Å²) in [6, 6.07) is 13.4. The molecule has 3 heterocycles. The van der Waals surface area contributed by atoms with Gasteiger partial charge in [-0.1, -0.05) is 57.6 Å². The number of nitrogens with zero attached hydrogens (tertiary/aromatic N) is 5. The van der Waals surface area contributed by atoms with Crippen LogP contribution in [-0.2, 0) is 33.0 Å². The summed E-state index contributed by atoms with van der Waals surface area (Å²) in [6.07, 6.45) is 1.93. The molecule has 0 bridgehead atoms. The van der Waals surface area contributed by atoms with Crippen LogP contribution < -0.4 is 11.2 Å². The van der Waals surface area contributed by atoms with Gasteiger partial charge in [0.25, 0.3) is 5.56 Å². The third-order valence-electron chi connectivity index (χ3n) is 7.15. The molecule has 0 saturated heterocycles. The lowest BCUT2D eigenvalue weighted by Crippen LogP contribution is -2.53. The van der Waals surface area contributed by atoms with Gasteiger partial charge >= 0.3 is 11.7 Å². The van der Waals surface area contributed by atoms with E-state index < -0.39 is 34.7 Å². The first-order valence-electron chi connectivity index (χ1n) is 13.9. The number of halogens is 2. The highest BCUT2D eigenvalue weighted by atomic mass is 79.9. The zero-order valence-corrected chi connectivity index (χ0v) is 27.2. The van der Waals surface area contributed by atoms with Crippen LogP contribution in [-0.4, -0.2) is 36.2 Å². The van der Waals surface area contributed by atoms with E-state index in [0.717, 1.165) is 10.1 Å². The van der Waals surface area contributed by atoms with Crippen molar-refractivity contribution in [3.63, 3.8) is 0 Å². The molecule has 1 atom stereocenters. The molecule has 0 aliphatic heterocycles. The van der Waals surface area contributed by atoms with Crippen molar-refractivity contribution in [2.45, 2.75) is 65.5 Å². The Morgan fingerprint density at radius 1 is 1.09 bits per heavy atom. The lowest BCUT2D eigenvalue weighted by molar-refractivity contribution is -0.154. The van der Waals surface area contributed by atoms with E-state index in [2.05, 4.69) is 26.1 Å². The summed E-state index contributed by atoms with van der Waals surface area (Å²) in [4.78, 5) is 43.8. The average molecular weight is 685 g/mol. The third kappa shape index (κ3) is 6.04. The van der Waals surface area contributed by atoms with Crippen molar-refractivity contribution in [3.05, 3.63) is 109 Å². The van der Waals surface area contributed by atoms with E-state index in [4.69, 9.17) is 9.47 Å². The Morgan fingerprint density at radius 2 is 1.77 bits per heavy atom. The Morgan fingerprint density at radius 3 is 2.43 bits per heavy atom. The van der Waals surface area contributed by atoms with Crippen LogP contribution in [0.2, 0.25) is 0 Å². The lowest BCUT2D eigenvalue weighted by atomic mass is 10.0. The number of aryl methyl sites for hydroxylation is 1. The Kier molecular flexibility index (Phi) is 9.00. The van der Waals surface area contributed by atoms with Crippen molar-refractivity contribution in [1.82, 2.24) is 24.1 Å². The van der Waals surface area contributed by atoms with Crippen LogP contribution in [0.1, 0.15) is 50.5 Å². The number of fused-ring (bicyclic) bond motifs is 1. The minimum Gasteiger partial charge on any atom is -0.459 e. The molecule has 0 spiro atoms. The average Bonchev–Trinajstić information content (AvgIpc) is 3.63. The van der Waals surface area contributed by atoms with Crippen LogP contribution in [0.4, 0.5) is 4.39 Å². The molecule has 0 aliphatic carbocycles. The maximum atomic E-state index is 14.4. The van der Waals surface area contributed by atoms with Crippen molar-refractivity contribution in [2.24, 2.45) is 0 Å². The molecule has 10 nitrogen and oxygen atoms in total. The summed E-state index contributed by atoms with van der Waals surface area (Å²) >= 11 is 4.66. The van der Waals surface area contributed by atoms with E-state index >= 15 is 0 Å². The Balaban J connectivity index is 1.71. The van der Waals surface area contributed by atoms with Gasteiger partial charge in [-0.2, -0.15) is 10.2 Å². The molecule has 0 N–H and O–H groups in total. The first-order chi connectivity index (χ1) is 20.9. The summed E-state index contributed by atoms with van der Waals surface area (Å²) < 4.78 is 29.2. The highest BCUT2D eigenvalue weighted by molar-refractivity contribution is 9.10. The molecular formula is C31H31BrFN5O5S. The number of ether oxygens (including phenoxy) is 2. The Hall–Kier alpha value is -3.94. The minimum absolute atomic E-state index is 0.0290. The number of hydrogen-bond donors (Lipinski definition) is 0. The molecule has 5 rings (SSSR count). The van der Waals surface area contributed by atoms with Crippen molar-refractivity contribution >= 4 is 43.5 Å². The molecule has 3 aromatic heterocycles. The predicted molar refractivity (Wildman–Crippen MR) is 169 cm³/mol. The van der Waals surface area contributed by atoms with Gasteiger partial charge < -0.3 is 9.47 Å². The normalized spacial score (nSPS) is 12.6. The molecule has 0 radical (unpaired) electrons. The second kappa shape index (κ2) is 12.6. The van der Waals surface area contributed by atoms with Crippen molar-refractivity contribution < 1.29 is 18.7 Å². The molecule has 0 amide bonds. The summed E-state index contributed by atoms with van der Waals surface area (Å²) in [5.74, 6) is -1.22. The molecule has 5 aromatic rings. The number of rotatable bonds is 10. The first kappa shape index (κ1) is 31.5. The third-order valence-corrected chi connectivity index (χ3v) is 9.15. The summed E-state index contributed by atoms with van der Waals surface area (Å²) in [5.41, 5.74) is -1.30. The minimum atomic E-state index is -1.69. The zero-order valence-electron chi connectivity index (χ0n) is 24.8. The maximum absolute atomic E-state index is 14.4. The number of carbonyl (C=O) groups is 1. The van der Waals surface area contributed by atoms with Crippen molar-refractivity contribution in [1.29, 1.82) is 0 Å². The van der Waals surface area contributed by atoms with Gasteiger partial charge in [-0.3, -0.25) is 9.36 Å². The molecule has 0 aliphatic rings. The number of carbonyl (C=O) groups excluding carboxylic acids is 1. The van der Waals surface area contributed by atoms with Crippen LogP contribution >= 0.6 is 27.3 Å². The largest absolute Gasteiger partial charge is 0.459 e. The fraction of sp³-hybridized carbons (Fsp3) is 0.323. The van der Waals surface area contributed by atoms with Crippen LogP contribution in [0, 0.1) is 12.7 Å². The standard InChI is InChI=1S/C31H31BrFN5O5S/c1-18(2)43-24(22-15-21(33)11-12-23(22)32)16-36-28-25(19(3)27(44-28)38-34-13-14-35-38)26(39)37(30(36)41)31(4,5)29(40)42-17-20-9-7-6-8-10-20/h6-15,18,24H,16-17H2,1-5H3. The maximum Gasteiger partial charge on any atom is 0.333 e. The van der Waals surface area contributed by atoms with Crippen LogP contribution in [0.15, 0.2) is 75.0 Å². The molecule has 13 heteroatoms.